The molecule has 0 bridgehead atoms. The zero-order valence-corrected chi connectivity index (χ0v) is 11.5. The van der Waals surface area contributed by atoms with Crippen molar-refractivity contribution in [3.05, 3.63) is 59.7 Å². The van der Waals surface area contributed by atoms with E-state index in [1.165, 1.54) is 17.8 Å². The second kappa shape index (κ2) is 5.83. The first-order chi connectivity index (χ1) is 9.06. The van der Waals surface area contributed by atoms with Crippen LogP contribution in [0.4, 0.5) is 10.1 Å². The lowest BCUT2D eigenvalue weighted by molar-refractivity contribution is 0.616. The predicted molar refractivity (Wildman–Crippen MR) is 76.8 cm³/mol. The molecule has 0 spiro atoms. The van der Waals surface area contributed by atoms with Gasteiger partial charge in [-0.05, 0) is 42.2 Å². The third kappa shape index (κ3) is 3.53. The van der Waals surface area contributed by atoms with Gasteiger partial charge in [0, 0.05) is 11.9 Å². The maximum absolute atomic E-state index is 13.1. The smallest absolute Gasteiger partial charge is 0.141 e. The van der Waals surface area contributed by atoms with Crippen molar-refractivity contribution in [2.75, 3.05) is 5.32 Å². The van der Waals surface area contributed by atoms with Gasteiger partial charge in [0.15, 0.2) is 0 Å². The number of hydrogen-bond acceptors (Lipinski definition) is 2. The minimum atomic E-state index is -0.304. The van der Waals surface area contributed by atoms with E-state index in [4.69, 9.17) is 0 Å². The summed E-state index contributed by atoms with van der Waals surface area (Å²) < 4.78 is 13.1. The molecule has 19 heavy (non-hydrogen) atoms. The number of nitrogens with one attached hydrogen (secondary N) is 1. The molecule has 1 heterocycles. The number of pyridine rings is 1. The quantitative estimate of drug-likeness (QED) is 0.872. The summed E-state index contributed by atoms with van der Waals surface area (Å²) in [5.74, 6) is 0.190. The minimum Gasteiger partial charge on any atom is -0.378 e. The van der Waals surface area contributed by atoms with Crippen molar-refractivity contribution in [3.8, 4) is 0 Å². The average molecular weight is 258 g/mol. The molecule has 2 aromatic rings. The van der Waals surface area contributed by atoms with Gasteiger partial charge in [-0.3, -0.25) is 4.98 Å². The van der Waals surface area contributed by atoms with E-state index in [0.717, 1.165) is 11.3 Å². The Morgan fingerprint density at radius 3 is 2.53 bits per heavy atom. The Morgan fingerprint density at radius 2 is 1.84 bits per heavy atom. The highest BCUT2D eigenvalue weighted by molar-refractivity contribution is 5.48. The van der Waals surface area contributed by atoms with Crippen molar-refractivity contribution >= 4 is 5.69 Å². The van der Waals surface area contributed by atoms with Crippen molar-refractivity contribution in [2.24, 2.45) is 0 Å². The Balaban J connectivity index is 2.14. The van der Waals surface area contributed by atoms with Gasteiger partial charge in [0.2, 0.25) is 0 Å². The molecule has 3 heteroatoms. The lowest BCUT2D eigenvalue weighted by Gasteiger charge is -2.16. The molecule has 0 radical (unpaired) electrons. The molecule has 1 unspecified atom stereocenters. The van der Waals surface area contributed by atoms with E-state index in [1.54, 1.807) is 6.20 Å². The molecule has 100 valence electrons. The Labute approximate surface area is 113 Å². The van der Waals surface area contributed by atoms with Crippen LogP contribution in [0, 0.1) is 5.82 Å². The first-order valence-corrected chi connectivity index (χ1v) is 6.53. The summed E-state index contributed by atoms with van der Waals surface area (Å²) in [5, 5.41) is 3.37. The molecule has 1 N–H and O–H groups in total. The molecule has 0 saturated heterocycles. The molecule has 0 aliphatic carbocycles. The third-order valence-electron chi connectivity index (χ3n) is 3.16. The van der Waals surface area contributed by atoms with E-state index in [2.05, 4.69) is 36.3 Å². The standard InChI is InChI=1S/C16H19FN2/c1-11(2)13-5-4-6-16(8-13)19-12(3)14-7-15(17)10-18-9-14/h4-12,19H,1-3H3. The van der Waals surface area contributed by atoms with Gasteiger partial charge in [-0.2, -0.15) is 0 Å². The molecule has 0 saturated carbocycles. The molecule has 0 fully saturated rings. The fraction of sp³-hybridized carbons (Fsp3) is 0.312. The number of nitrogens with zero attached hydrogens (tertiary/aromatic N) is 1. The van der Waals surface area contributed by atoms with Gasteiger partial charge in [-0.25, -0.2) is 4.39 Å². The van der Waals surface area contributed by atoms with E-state index in [0.29, 0.717) is 5.92 Å². The molecule has 0 amide bonds. The van der Waals surface area contributed by atoms with Crippen molar-refractivity contribution in [1.82, 2.24) is 4.98 Å². The fourth-order valence-electron chi connectivity index (χ4n) is 1.99. The summed E-state index contributed by atoms with van der Waals surface area (Å²) in [6.07, 6.45) is 2.91. The number of anilines is 1. The second-order valence-electron chi connectivity index (χ2n) is 5.08. The zero-order valence-electron chi connectivity index (χ0n) is 11.5. The largest absolute Gasteiger partial charge is 0.378 e. The van der Waals surface area contributed by atoms with E-state index < -0.39 is 0 Å². The van der Waals surface area contributed by atoms with Crippen LogP contribution in [-0.4, -0.2) is 4.98 Å². The second-order valence-corrected chi connectivity index (χ2v) is 5.08. The normalized spacial score (nSPS) is 12.5. The molecule has 1 atom stereocenters. The van der Waals surface area contributed by atoms with Gasteiger partial charge in [-0.15, -0.1) is 0 Å². The van der Waals surface area contributed by atoms with Crippen LogP contribution < -0.4 is 5.32 Å². The third-order valence-corrected chi connectivity index (χ3v) is 3.16. The molecular formula is C16H19FN2. The van der Waals surface area contributed by atoms with Crippen LogP contribution in [0.1, 0.15) is 43.9 Å². The van der Waals surface area contributed by atoms with Gasteiger partial charge in [0.1, 0.15) is 5.82 Å². The topological polar surface area (TPSA) is 24.9 Å². The summed E-state index contributed by atoms with van der Waals surface area (Å²) in [4.78, 5) is 3.88. The van der Waals surface area contributed by atoms with E-state index in [9.17, 15) is 4.39 Å². The van der Waals surface area contributed by atoms with Gasteiger partial charge < -0.3 is 5.32 Å². The highest BCUT2D eigenvalue weighted by Gasteiger charge is 2.07. The van der Waals surface area contributed by atoms with Crippen LogP contribution >= 0.6 is 0 Å². The summed E-state index contributed by atoms with van der Waals surface area (Å²) >= 11 is 0. The fourth-order valence-corrected chi connectivity index (χ4v) is 1.99. The first kappa shape index (κ1) is 13.5. The Morgan fingerprint density at radius 1 is 1.05 bits per heavy atom. The Bertz CT molecular complexity index is 552. The van der Waals surface area contributed by atoms with Crippen LogP contribution in [-0.2, 0) is 0 Å². The molecule has 2 rings (SSSR count). The first-order valence-electron chi connectivity index (χ1n) is 6.53. The van der Waals surface area contributed by atoms with Gasteiger partial charge in [0.25, 0.3) is 0 Å². The lowest BCUT2D eigenvalue weighted by atomic mass is 10.0. The molecule has 2 nitrogen and oxygen atoms in total. The van der Waals surface area contributed by atoms with Crippen molar-refractivity contribution in [1.29, 1.82) is 0 Å². The number of halogens is 1. The number of benzene rings is 1. The van der Waals surface area contributed by atoms with Crippen LogP contribution in [0.3, 0.4) is 0 Å². The highest BCUT2D eigenvalue weighted by Crippen LogP contribution is 2.22. The summed E-state index contributed by atoms with van der Waals surface area (Å²) in [7, 11) is 0. The maximum atomic E-state index is 13.1. The van der Waals surface area contributed by atoms with Crippen LogP contribution in [0.2, 0.25) is 0 Å². The monoisotopic (exact) mass is 258 g/mol. The van der Waals surface area contributed by atoms with Gasteiger partial charge in [-0.1, -0.05) is 26.0 Å². The zero-order chi connectivity index (χ0) is 13.8. The maximum Gasteiger partial charge on any atom is 0.141 e. The summed E-state index contributed by atoms with van der Waals surface area (Å²) in [6.45, 7) is 6.33. The average Bonchev–Trinajstić information content (AvgIpc) is 2.39. The van der Waals surface area contributed by atoms with E-state index in [1.807, 2.05) is 19.1 Å². The van der Waals surface area contributed by atoms with Crippen LogP contribution in [0.5, 0.6) is 0 Å². The Kier molecular flexibility index (Phi) is 4.15. The van der Waals surface area contributed by atoms with Gasteiger partial charge >= 0.3 is 0 Å². The molecule has 0 aliphatic rings. The van der Waals surface area contributed by atoms with Crippen molar-refractivity contribution in [2.45, 2.75) is 32.7 Å². The minimum absolute atomic E-state index is 0.0191. The number of aromatic nitrogens is 1. The summed E-state index contributed by atoms with van der Waals surface area (Å²) in [5.41, 5.74) is 3.17. The van der Waals surface area contributed by atoms with Crippen molar-refractivity contribution < 1.29 is 4.39 Å². The highest BCUT2D eigenvalue weighted by atomic mass is 19.1. The molecular weight excluding hydrogens is 239 g/mol. The Hall–Kier alpha value is -1.90. The molecule has 1 aromatic heterocycles. The SMILES string of the molecule is CC(C)c1cccc(NC(C)c2cncc(F)c2)c1. The summed E-state index contributed by atoms with van der Waals surface area (Å²) in [6, 6.07) is 9.84. The predicted octanol–water partition coefficient (Wildman–Crippen LogP) is 4.52. The van der Waals surface area contributed by atoms with Crippen LogP contribution in [0.25, 0.3) is 0 Å². The lowest BCUT2D eigenvalue weighted by Crippen LogP contribution is -2.07. The van der Waals surface area contributed by atoms with E-state index >= 15 is 0 Å². The van der Waals surface area contributed by atoms with Crippen LogP contribution in [0.15, 0.2) is 42.7 Å². The number of hydrogen-bond donors (Lipinski definition) is 1. The van der Waals surface area contributed by atoms with Crippen molar-refractivity contribution in [3.63, 3.8) is 0 Å². The van der Waals surface area contributed by atoms with E-state index in [-0.39, 0.29) is 11.9 Å². The van der Waals surface area contributed by atoms with Gasteiger partial charge in [0.05, 0.1) is 12.2 Å². The molecule has 0 aliphatic heterocycles. The molecule has 1 aromatic carbocycles. The number of rotatable bonds is 4.